The van der Waals surface area contributed by atoms with E-state index in [-0.39, 0.29) is 17.3 Å². The number of carbonyl (C=O) groups excluding carboxylic acids is 1. The van der Waals surface area contributed by atoms with E-state index in [4.69, 9.17) is 0 Å². The number of benzene rings is 1. The number of hydrogen-bond acceptors (Lipinski definition) is 4. The molecular weight excluding hydrogens is 336 g/mol. The second-order valence-electron chi connectivity index (χ2n) is 6.55. The van der Waals surface area contributed by atoms with Crippen LogP contribution in [0.15, 0.2) is 66.6 Å². The molecule has 0 aliphatic heterocycles. The molecule has 0 aliphatic carbocycles. The average molecular weight is 356 g/mol. The maximum atomic E-state index is 12.3. The van der Waals surface area contributed by atoms with Gasteiger partial charge in [0.15, 0.2) is 5.78 Å². The van der Waals surface area contributed by atoms with Crippen LogP contribution in [-0.2, 0) is 11.3 Å². The van der Waals surface area contributed by atoms with Crippen LogP contribution >= 0.6 is 0 Å². The highest BCUT2D eigenvalue weighted by molar-refractivity contribution is 6.04. The third-order valence-corrected chi connectivity index (χ3v) is 4.12. The summed E-state index contributed by atoms with van der Waals surface area (Å²) in [7, 11) is 0. The fraction of sp³-hybridized carbons (Fsp3) is 0.182. The van der Waals surface area contributed by atoms with Gasteiger partial charge in [0.05, 0.1) is 12.1 Å². The van der Waals surface area contributed by atoms with Crippen LogP contribution in [0.2, 0.25) is 0 Å². The molecule has 1 aromatic carbocycles. The summed E-state index contributed by atoms with van der Waals surface area (Å²) in [5, 5.41) is 14.1. The van der Waals surface area contributed by atoms with Gasteiger partial charge in [0.1, 0.15) is 11.8 Å². The molecule has 134 valence electrons. The van der Waals surface area contributed by atoms with E-state index in [2.05, 4.69) is 10.1 Å². The average Bonchev–Trinajstić information content (AvgIpc) is 3.09. The second kappa shape index (κ2) is 8.24. The Labute approximate surface area is 158 Å². The van der Waals surface area contributed by atoms with Crippen LogP contribution < -0.4 is 0 Å². The number of carbonyl (C=O) groups is 1. The van der Waals surface area contributed by atoms with Crippen molar-refractivity contribution in [1.29, 1.82) is 5.26 Å². The lowest BCUT2D eigenvalue weighted by Crippen LogP contribution is -2.08. The van der Waals surface area contributed by atoms with Crippen molar-refractivity contribution in [2.45, 2.75) is 20.4 Å². The number of pyridine rings is 1. The molecule has 0 atom stereocenters. The zero-order valence-electron chi connectivity index (χ0n) is 15.3. The van der Waals surface area contributed by atoms with Crippen LogP contribution in [0.4, 0.5) is 0 Å². The number of ketones is 1. The quantitative estimate of drug-likeness (QED) is 0.492. The van der Waals surface area contributed by atoms with Gasteiger partial charge < -0.3 is 0 Å². The summed E-state index contributed by atoms with van der Waals surface area (Å²) >= 11 is 0. The van der Waals surface area contributed by atoms with Crippen molar-refractivity contribution < 1.29 is 4.79 Å². The van der Waals surface area contributed by atoms with Gasteiger partial charge in [-0.25, -0.2) is 0 Å². The molecule has 2 aromatic heterocycles. The van der Waals surface area contributed by atoms with Crippen LogP contribution in [0.5, 0.6) is 0 Å². The molecule has 0 fully saturated rings. The van der Waals surface area contributed by atoms with Crippen molar-refractivity contribution in [3.63, 3.8) is 0 Å². The molecule has 5 heteroatoms. The minimum absolute atomic E-state index is 0.134. The molecule has 0 amide bonds. The SMILES string of the molecule is CC(C)C(=O)/C(C#N)=C\c1cn(Cc2ccccc2)nc1-c1cccnc1. The molecule has 0 bridgehead atoms. The monoisotopic (exact) mass is 356 g/mol. The summed E-state index contributed by atoms with van der Waals surface area (Å²) in [4.78, 5) is 16.4. The molecule has 5 nitrogen and oxygen atoms in total. The third kappa shape index (κ3) is 4.36. The molecule has 3 aromatic rings. The molecule has 2 heterocycles. The van der Waals surface area contributed by atoms with E-state index in [1.54, 1.807) is 32.3 Å². The second-order valence-corrected chi connectivity index (χ2v) is 6.55. The van der Waals surface area contributed by atoms with Crippen molar-refractivity contribution in [1.82, 2.24) is 14.8 Å². The summed E-state index contributed by atoms with van der Waals surface area (Å²) in [5.41, 5.74) is 3.51. The van der Waals surface area contributed by atoms with Crippen molar-refractivity contribution >= 4 is 11.9 Å². The Kier molecular flexibility index (Phi) is 5.58. The molecule has 0 saturated heterocycles. The third-order valence-electron chi connectivity index (χ3n) is 4.12. The van der Waals surface area contributed by atoms with Crippen LogP contribution in [0.3, 0.4) is 0 Å². The zero-order valence-corrected chi connectivity index (χ0v) is 15.3. The van der Waals surface area contributed by atoms with Crippen LogP contribution in [0.1, 0.15) is 25.0 Å². The summed E-state index contributed by atoms with van der Waals surface area (Å²) in [6.45, 7) is 4.17. The Bertz CT molecular complexity index is 996. The number of nitrogens with zero attached hydrogens (tertiary/aromatic N) is 4. The normalized spacial score (nSPS) is 11.4. The van der Waals surface area contributed by atoms with Crippen molar-refractivity contribution in [3.8, 4) is 17.3 Å². The Morgan fingerprint density at radius 2 is 2.00 bits per heavy atom. The maximum Gasteiger partial charge on any atom is 0.175 e. The van der Waals surface area contributed by atoms with Gasteiger partial charge in [-0.15, -0.1) is 0 Å². The predicted octanol–water partition coefficient (Wildman–Crippen LogP) is 4.13. The molecular formula is C22H20N4O. The standard InChI is InChI=1S/C22H20N4O/c1-16(2)22(27)19(12-23)11-20-15-26(14-17-7-4-3-5-8-17)25-21(20)18-9-6-10-24-13-18/h3-11,13,15-16H,14H2,1-2H3/b19-11-. The first-order chi connectivity index (χ1) is 13.1. The summed E-state index contributed by atoms with van der Waals surface area (Å²) in [6.07, 6.45) is 6.91. The molecule has 0 spiro atoms. The van der Waals surface area contributed by atoms with E-state index in [9.17, 15) is 10.1 Å². The summed E-state index contributed by atoms with van der Waals surface area (Å²) in [6, 6.07) is 15.8. The van der Waals surface area contributed by atoms with Crippen molar-refractivity contribution in [2.75, 3.05) is 0 Å². The first-order valence-electron chi connectivity index (χ1n) is 8.76. The molecule has 0 saturated carbocycles. The first-order valence-corrected chi connectivity index (χ1v) is 8.76. The molecule has 0 radical (unpaired) electrons. The van der Waals surface area contributed by atoms with Gasteiger partial charge in [-0.1, -0.05) is 44.2 Å². The number of hydrogen-bond donors (Lipinski definition) is 0. The molecule has 0 N–H and O–H groups in total. The van der Waals surface area contributed by atoms with E-state index in [1.807, 2.05) is 59.4 Å². The van der Waals surface area contributed by atoms with Gasteiger partial charge in [-0.05, 0) is 23.8 Å². The fourth-order valence-electron chi connectivity index (χ4n) is 2.75. The number of allylic oxidation sites excluding steroid dienone is 1. The highest BCUT2D eigenvalue weighted by atomic mass is 16.1. The van der Waals surface area contributed by atoms with E-state index in [1.165, 1.54) is 0 Å². The van der Waals surface area contributed by atoms with Crippen LogP contribution in [0, 0.1) is 17.2 Å². The Morgan fingerprint density at radius 1 is 1.22 bits per heavy atom. The van der Waals surface area contributed by atoms with Crippen molar-refractivity contribution in [2.24, 2.45) is 5.92 Å². The first kappa shape index (κ1) is 18.3. The van der Waals surface area contributed by atoms with Gasteiger partial charge in [-0.3, -0.25) is 14.5 Å². The highest BCUT2D eigenvalue weighted by Gasteiger charge is 2.16. The van der Waals surface area contributed by atoms with Crippen LogP contribution in [-0.4, -0.2) is 20.5 Å². The lowest BCUT2D eigenvalue weighted by atomic mass is 9.99. The minimum Gasteiger partial charge on any atom is -0.293 e. The highest BCUT2D eigenvalue weighted by Crippen LogP contribution is 2.24. The lowest BCUT2D eigenvalue weighted by Gasteiger charge is -2.02. The van der Waals surface area contributed by atoms with Gasteiger partial charge in [0.2, 0.25) is 0 Å². The number of aromatic nitrogens is 3. The largest absolute Gasteiger partial charge is 0.293 e. The zero-order chi connectivity index (χ0) is 19.2. The minimum atomic E-state index is -0.239. The van der Waals surface area contributed by atoms with Crippen LogP contribution in [0.25, 0.3) is 17.3 Å². The Morgan fingerprint density at radius 3 is 2.63 bits per heavy atom. The number of rotatable bonds is 6. The predicted molar refractivity (Wildman–Crippen MR) is 104 cm³/mol. The lowest BCUT2D eigenvalue weighted by molar-refractivity contribution is -0.117. The Balaban J connectivity index is 2.05. The summed E-state index contributed by atoms with van der Waals surface area (Å²) < 4.78 is 1.82. The van der Waals surface area contributed by atoms with E-state index in [0.29, 0.717) is 12.2 Å². The van der Waals surface area contributed by atoms with Gasteiger partial charge in [0, 0.05) is 35.6 Å². The molecule has 3 rings (SSSR count). The van der Waals surface area contributed by atoms with E-state index < -0.39 is 0 Å². The molecule has 0 unspecified atom stereocenters. The van der Waals surface area contributed by atoms with Gasteiger partial charge in [0.25, 0.3) is 0 Å². The number of Topliss-reactive ketones (excluding diaryl/α,β-unsaturated/α-hetero) is 1. The Hall–Kier alpha value is -3.52. The number of nitriles is 1. The van der Waals surface area contributed by atoms with Crippen molar-refractivity contribution in [3.05, 3.63) is 77.8 Å². The molecule has 0 aliphatic rings. The topological polar surface area (TPSA) is 71.6 Å². The maximum absolute atomic E-state index is 12.3. The smallest absolute Gasteiger partial charge is 0.175 e. The van der Waals surface area contributed by atoms with E-state index in [0.717, 1.165) is 16.7 Å². The van der Waals surface area contributed by atoms with E-state index >= 15 is 0 Å². The van der Waals surface area contributed by atoms with Gasteiger partial charge in [-0.2, -0.15) is 10.4 Å². The fourth-order valence-corrected chi connectivity index (χ4v) is 2.75. The molecule has 27 heavy (non-hydrogen) atoms. The van der Waals surface area contributed by atoms with Gasteiger partial charge >= 0.3 is 0 Å². The summed E-state index contributed by atoms with van der Waals surface area (Å²) in [5.74, 6) is -0.414.